The van der Waals surface area contributed by atoms with E-state index in [2.05, 4.69) is 38.1 Å². The fraction of sp³-hybridized carbons (Fsp3) is 0.769. The van der Waals surface area contributed by atoms with Gasteiger partial charge in [0.15, 0.2) is 0 Å². The predicted octanol–water partition coefficient (Wildman–Crippen LogP) is 3.05. The van der Waals surface area contributed by atoms with Crippen LogP contribution in [0.2, 0.25) is 5.02 Å². The van der Waals surface area contributed by atoms with Gasteiger partial charge in [0.2, 0.25) is 0 Å². The minimum Gasteiger partial charge on any atom is -0.314 e. The second kappa shape index (κ2) is 7.02. The molecule has 1 aromatic heterocycles. The number of hydrogen-bond acceptors (Lipinski definition) is 2. The molecule has 98 valence electrons. The van der Waals surface area contributed by atoms with Crippen molar-refractivity contribution in [1.29, 1.82) is 0 Å². The van der Waals surface area contributed by atoms with Crippen molar-refractivity contribution in [3.8, 4) is 0 Å². The van der Waals surface area contributed by atoms with Gasteiger partial charge in [0.05, 0.1) is 16.4 Å². The summed E-state index contributed by atoms with van der Waals surface area (Å²) in [5.41, 5.74) is 2.20. The normalized spacial score (nSPS) is 13.0. The predicted molar refractivity (Wildman–Crippen MR) is 73.7 cm³/mol. The topological polar surface area (TPSA) is 29.9 Å². The summed E-state index contributed by atoms with van der Waals surface area (Å²) in [5, 5.41) is 8.90. The highest BCUT2D eigenvalue weighted by Crippen LogP contribution is 2.23. The first kappa shape index (κ1) is 14.5. The Morgan fingerprint density at radius 2 is 2.00 bits per heavy atom. The van der Waals surface area contributed by atoms with Crippen LogP contribution in [-0.2, 0) is 19.4 Å². The lowest BCUT2D eigenvalue weighted by Crippen LogP contribution is -2.31. The van der Waals surface area contributed by atoms with Crippen molar-refractivity contribution >= 4 is 11.6 Å². The number of halogens is 1. The molecule has 1 heterocycles. The molecule has 4 heteroatoms. The molecule has 0 aromatic carbocycles. The molecule has 3 nitrogen and oxygen atoms in total. The fourth-order valence-electron chi connectivity index (χ4n) is 2.10. The van der Waals surface area contributed by atoms with Gasteiger partial charge >= 0.3 is 0 Å². The Balaban J connectivity index is 2.91. The highest BCUT2D eigenvalue weighted by molar-refractivity contribution is 6.31. The van der Waals surface area contributed by atoms with Crippen LogP contribution in [-0.4, -0.2) is 22.4 Å². The van der Waals surface area contributed by atoms with Gasteiger partial charge in [0.1, 0.15) is 0 Å². The zero-order valence-corrected chi connectivity index (χ0v) is 12.1. The smallest absolute Gasteiger partial charge is 0.0850 e. The molecule has 0 radical (unpaired) electrons. The van der Waals surface area contributed by atoms with Crippen LogP contribution in [0.4, 0.5) is 0 Å². The molecule has 0 amide bonds. The third-order valence-corrected chi connectivity index (χ3v) is 3.56. The van der Waals surface area contributed by atoms with Gasteiger partial charge in [-0.05, 0) is 26.3 Å². The Labute approximate surface area is 110 Å². The molecule has 0 saturated heterocycles. The Kier molecular flexibility index (Phi) is 6.00. The number of nitrogens with one attached hydrogen (secondary N) is 1. The van der Waals surface area contributed by atoms with E-state index in [1.54, 1.807) is 0 Å². The van der Waals surface area contributed by atoms with Gasteiger partial charge in [-0.2, -0.15) is 5.10 Å². The van der Waals surface area contributed by atoms with Crippen LogP contribution in [0.1, 0.15) is 45.5 Å². The molecule has 1 aromatic rings. The van der Waals surface area contributed by atoms with Gasteiger partial charge in [0, 0.05) is 19.0 Å². The molecule has 0 spiro atoms. The third kappa shape index (κ3) is 3.46. The number of nitrogens with zero attached hydrogens (tertiary/aromatic N) is 2. The molecule has 1 atom stereocenters. The van der Waals surface area contributed by atoms with E-state index >= 15 is 0 Å². The van der Waals surface area contributed by atoms with Gasteiger partial charge in [-0.25, -0.2) is 0 Å². The first-order valence-corrected chi connectivity index (χ1v) is 7.02. The lowest BCUT2D eigenvalue weighted by Gasteiger charge is -2.16. The van der Waals surface area contributed by atoms with Crippen LogP contribution >= 0.6 is 11.6 Å². The lowest BCUT2D eigenvalue weighted by molar-refractivity contribution is 0.486. The van der Waals surface area contributed by atoms with E-state index in [1.807, 2.05) is 4.68 Å². The van der Waals surface area contributed by atoms with Gasteiger partial charge < -0.3 is 5.32 Å². The van der Waals surface area contributed by atoms with Crippen molar-refractivity contribution in [2.24, 2.45) is 0 Å². The van der Waals surface area contributed by atoms with E-state index in [0.29, 0.717) is 6.04 Å². The Morgan fingerprint density at radius 3 is 2.47 bits per heavy atom. The van der Waals surface area contributed by atoms with Gasteiger partial charge in [0.25, 0.3) is 0 Å². The fourth-order valence-corrected chi connectivity index (χ4v) is 2.44. The maximum Gasteiger partial charge on any atom is 0.0850 e. The molecule has 17 heavy (non-hydrogen) atoms. The van der Waals surface area contributed by atoms with E-state index < -0.39 is 0 Å². The molecule has 1 rings (SSSR count). The highest BCUT2D eigenvalue weighted by Gasteiger charge is 2.17. The van der Waals surface area contributed by atoms with Crippen LogP contribution in [0.5, 0.6) is 0 Å². The summed E-state index contributed by atoms with van der Waals surface area (Å²) in [6.45, 7) is 10.4. The molecule has 0 aliphatic heterocycles. The highest BCUT2D eigenvalue weighted by atomic mass is 35.5. The SMILES string of the molecule is CCNC(CC)Cc1c(Cl)c(CC)nn1CC. The standard InChI is InChI=1S/C13H24ClN3/c1-5-10(15-7-3)9-12-13(14)11(6-2)16-17(12)8-4/h10,15H,5-9H2,1-4H3. The monoisotopic (exact) mass is 257 g/mol. The average Bonchev–Trinajstić information content (AvgIpc) is 2.65. The summed E-state index contributed by atoms with van der Waals surface area (Å²) in [6.07, 6.45) is 2.97. The van der Waals surface area contributed by atoms with E-state index in [-0.39, 0.29) is 0 Å². The second-order valence-electron chi connectivity index (χ2n) is 4.24. The maximum absolute atomic E-state index is 6.40. The minimum atomic E-state index is 0.490. The van der Waals surface area contributed by atoms with Crippen molar-refractivity contribution in [3.63, 3.8) is 0 Å². The maximum atomic E-state index is 6.40. The molecule has 0 saturated carbocycles. The number of rotatable bonds is 7. The molecule has 1 unspecified atom stereocenters. The van der Waals surface area contributed by atoms with Crippen LogP contribution in [0.3, 0.4) is 0 Å². The van der Waals surface area contributed by atoms with Crippen molar-refractivity contribution in [2.45, 2.75) is 59.5 Å². The van der Waals surface area contributed by atoms with Crippen LogP contribution in [0, 0.1) is 0 Å². The quantitative estimate of drug-likeness (QED) is 0.814. The van der Waals surface area contributed by atoms with Crippen LogP contribution in [0.15, 0.2) is 0 Å². The van der Waals surface area contributed by atoms with Crippen molar-refractivity contribution in [1.82, 2.24) is 15.1 Å². The van der Waals surface area contributed by atoms with Crippen molar-refractivity contribution in [3.05, 3.63) is 16.4 Å². The molecule has 0 aliphatic rings. The van der Waals surface area contributed by atoms with Crippen molar-refractivity contribution in [2.75, 3.05) is 6.54 Å². The zero-order chi connectivity index (χ0) is 12.8. The number of likely N-dealkylation sites (N-methyl/N-ethyl adjacent to an activating group) is 1. The summed E-state index contributed by atoms with van der Waals surface area (Å²) in [6, 6.07) is 0.490. The molecular weight excluding hydrogens is 234 g/mol. The molecule has 1 N–H and O–H groups in total. The van der Waals surface area contributed by atoms with E-state index in [4.69, 9.17) is 11.6 Å². The Morgan fingerprint density at radius 1 is 1.29 bits per heavy atom. The average molecular weight is 258 g/mol. The summed E-state index contributed by atoms with van der Waals surface area (Å²) >= 11 is 6.40. The first-order valence-electron chi connectivity index (χ1n) is 6.65. The lowest BCUT2D eigenvalue weighted by atomic mass is 10.1. The van der Waals surface area contributed by atoms with Crippen molar-refractivity contribution < 1.29 is 0 Å². The van der Waals surface area contributed by atoms with Gasteiger partial charge in [-0.3, -0.25) is 4.68 Å². The zero-order valence-electron chi connectivity index (χ0n) is 11.4. The Hall–Kier alpha value is -0.540. The third-order valence-electron chi connectivity index (χ3n) is 3.12. The summed E-state index contributed by atoms with van der Waals surface area (Å²) in [5.74, 6) is 0. The number of aryl methyl sites for hydroxylation is 2. The summed E-state index contributed by atoms with van der Waals surface area (Å²) in [7, 11) is 0. The first-order chi connectivity index (χ1) is 8.17. The van der Waals surface area contributed by atoms with E-state index in [9.17, 15) is 0 Å². The summed E-state index contributed by atoms with van der Waals surface area (Å²) in [4.78, 5) is 0. The second-order valence-corrected chi connectivity index (χ2v) is 4.62. The molecule has 0 fully saturated rings. The Bertz CT molecular complexity index is 347. The van der Waals surface area contributed by atoms with Crippen LogP contribution in [0.25, 0.3) is 0 Å². The largest absolute Gasteiger partial charge is 0.314 e. The molecule has 0 aliphatic carbocycles. The number of aromatic nitrogens is 2. The van der Waals surface area contributed by atoms with E-state index in [0.717, 1.165) is 43.1 Å². The van der Waals surface area contributed by atoms with E-state index in [1.165, 1.54) is 5.69 Å². The van der Waals surface area contributed by atoms with Gasteiger partial charge in [-0.1, -0.05) is 32.4 Å². The minimum absolute atomic E-state index is 0.490. The number of hydrogen-bond donors (Lipinski definition) is 1. The summed E-state index contributed by atoms with van der Waals surface area (Å²) < 4.78 is 2.04. The van der Waals surface area contributed by atoms with Crippen LogP contribution < -0.4 is 5.32 Å². The molecule has 0 bridgehead atoms. The molecular formula is C13H24ClN3. The van der Waals surface area contributed by atoms with Gasteiger partial charge in [-0.15, -0.1) is 0 Å².